The van der Waals surface area contributed by atoms with Crippen molar-refractivity contribution in [1.82, 2.24) is 19.6 Å². The third kappa shape index (κ3) is 2.33. The third-order valence-corrected chi connectivity index (χ3v) is 6.39. The van der Waals surface area contributed by atoms with Crippen LogP contribution in [0.2, 0.25) is 0 Å². The van der Waals surface area contributed by atoms with Crippen molar-refractivity contribution < 1.29 is 4.74 Å². The molecule has 1 N–H and O–H groups in total. The van der Waals surface area contributed by atoms with Crippen molar-refractivity contribution in [2.24, 2.45) is 16.8 Å². The summed E-state index contributed by atoms with van der Waals surface area (Å²) in [7, 11) is 0. The number of nitrogens with zero attached hydrogens (tertiary/aromatic N) is 4. The molecule has 4 atom stereocenters. The SMILES string of the molecule is CCNC(=NCc1cn2ccsc2n1)N1CC2C3CCC(O3)C2C1. The molecule has 5 heterocycles. The standard InChI is InChI=1S/C17H23N5OS/c1-2-18-16(19-7-11-8-21-5-6-24-17(21)20-11)22-9-12-13(10-22)15-4-3-14(12)23-15/h5-6,8,12-15H,2-4,7,9-10H2,1H3,(H,18,19). The van der Waals surface area contributed by atoms with Gasteiger partial charge in [-0.25, -0.2) is 9.98 Å². The number of ether oxygens (including phenoxy) is 1. The van der Waals surface area contributed by atoms with Gasteiger partial charge < -0.3 is 15.0 Å². The summed E-state index contributed by atoms with van der Waals surface area (Å²) >= 11 is 1.66. The third-order valence-electron chi connectivity index (χ3n) is 5.62. The quantitative estimate of drug-likeness (QED) is 0.683. The zero-order valence-corrected chi connectivity index (χ0v) is 14.7. The fourth-order valence-corrected chi connectivity index (χ4v) is 5.29. The normalized spacial score (nSPS) is 32.0. The highest BCUT2D eigenvalue weighted by atomic mass is 32.1. The number of hydrogen-bond acceptors (Lipinski definition) is 4. The van der Waals surface area contributed by atoms with Gasteiger partial charge in [0.15, 0.2) is 10.9 Å². The summed E-state index contributed by atoms with van der Waals surface area (Å²) in [6.07, 6.45) is 7.60. The second-order valence-electron chi connectivity index (χ2n) is 7.02. The van der Waals surface area contributed by atoms with Crippen LogP contribution in [0.3, 0.4) is 0 Å². The zero-order valence-electron chi connectivity index (χ0n) is 13.9. The Labute approximate surface area is 145 Å². The molecular formula is C17H23N5OS. The van der Waals surface area contributed by atoms with Gasteiger partial charge >= 0.3 is 0 Å². The van der Waals surface area contributed by atoms with Crippen LogP contribution < -0.4 is 5.32 Å². The molecule has 7 heteroatoms. The molecule has 0 radical (unpaired) electrons. The molecule has 2 bridgehead atoms. The van der Waals surface area contributed by atoms with Crippen molar-refractivity contribution in [3.05, 3.63) is 23.5 Å². The number of likely N-dealkylation sites (tertiary alicyclic amines) is 1. The smallest absolute Gasteiger partial charge is 0.194 e. The number of aromatic nitrogens is 2. The molecule has 2 aromatic heterocycles. The van der Waals surface area contributed by atoms with Crippen molar-refractivity contribution in [2.75, 3.05) is 19.6 Å². The average Bonchev–Trinajstić information content (AvgIpc) is 3.35. The van der Waals surface area contributed by atoms with Gasteiger partial charge in [0.2, 0.25) is 0 Å². The molecule has 0 saturated carbocycles. The van der Waals surface area contributed by atoms with Gasteiger partial charge in [-0.2, -0.15) is 0 Å². The predicted molar refractivity (Wildman–Crippen MR) is 94.3 cm³/mol. The molecular weight excluding hydrogens is 322 g/mol. The molecule has 3 aliphatic heterocycles. The van der Waals surface area contributed by atoms with Gasteiger partial charge in [0, 0.05) is 49.2 Å². The molecule has 0 spiro atoms. The number of thiazole rings is 1. The highest BCUT2D eigenvalue weighted by Crippen LogP contribution is 2.47. The molecule has 0 aromatic carbocycles. The maximum absolute atomic E-state index is 6.08. The van der Waals surface area contributed by atoms with Gasteiger partial charge in [0.1, 0.15) is 0 Å². The number of fused-ring (bicyclic) bond motifs is 6. The zero-order chi connectivity index (χ0) is 16.1. The highest BCUT2D eigenvalue weighted by Gasteiger charge is 2.53. The van der Waals surface area contributed by atoms with Crippen LogP contribution in [0, 0.1) is 11.8 Å². The Hall–Kier alpha value is -1.60. The van der Waals surface area contributed by atoms with Gasteiger partial charge in [0.25, 0.3) is 0 Å². The highest BCUT2D eigenvalue weighted by molar-refractivity contribution is 7.15. The van der Waals surface area contributed by atoms with Crippen LogP contribution in [0.1, 0.15) is 25.5 Å². The number of nitrogens with one attached hydrogen (secondary N) is 1. The van der Waals surface area contributed by atoms with Gasteiger partial charge in [0.05, 0.1) is 24.4 Å². The van der Waals surface area contributed by atoms with Crippen LogP contribution in [-0.4, -0.2) is 52.1 Å². The lowest BCUT2D eigenvalue weighted by Gasteiger charge is -2.23. The van der Waals surface area contributed by atoms with E-state index in [1.165, 1.54) is 12.8 Å². The van der Waals surface area contributed by atoms with E-state index in [1.54, 1.807) is 11.3 Å². The van der Waals surface area contributed by atoms with Gasteiger partial charge in [-0.05, 0) is 19.8 Å². The maximum Gasteiger partial charge on any atom is 0.194 e. The largest absolute Gasteiger partial charge is 0.374 e. The van der Waals surface area contributed by atoms with E-state index in [0.717, 1.165) is 36.2 Å². The van der Waals surface area contributed by atoms with E-state index >= 15 is 0 Å². The van der Waals surface area contributed by atoms with Crippen molar-refractivity contribution >= 4 is 22.3 Å². The number of rotatable bonds is 3. The van der Waals surface area contributed by atoms with Crippen molar-refractivity contribution in [3.8, 4) is 0 Å². The van der Waals surface area contributed by atoms with E-state index in [9.17, 15) is 0 Å². The van der Waals surface area contributed by atoms with Crippen molar-refractivity contribution in [1.29, 1.82) is 0 Å². The van der Waals surface area contributed by atoms with Gasteiger partial charge in [-0.3, -0.25) is 4.40 Å². The van der Waals surface area contributed by atoms with Crippen LogP contribution in [0.5, 0.6) is 0 Å². The van der Waals surface area contributed by atoms with Crippen LogP contribution >= 0.6 is 11.3 Å². The van der Waals surface area contributed by atoms with Crippen molar-refractivity contribution in [2.45, 2.75) is 38.5 Å². The molecule has 0 amide bonds. The molecule has 24 heavy (non-hydrogen) atoms. The molecule has 128 valence electrons. The second kappa shape index (κ2) is 5.74. The minimum atomic E-state index is 0.493. The average molecular weight is 345 g/mol. The summed E-state index contributed by atoms with van der Waals surface area (Å²) in [5.41, 5.74) is 1.03. The van der Waals surface area contributed by atoms with E-state index in [1.807, 2.05) is 6.20 Å². The van der Waals surface area contributed by atoms with Crippen LogP contribution in [0.4, 0.5) is 0 Å². The summed E-state index contributed by atoms with van der Waals surface area (Å²) < 4.78 is 8.15. The topological polar surface area (TPSA) is 54.2 Å². The lowest BCUT2D eigenvalue weighted by molar-refractivity contribution is 0.0767. The first kappa shape index (κ1) is 14.7. The summed E-state index contributed by atoms with van der Waals surface area (Å²) in [5, 5.41) is 5.52. The van der Waals surface area contributed by atoms with Gasteiger partial charge in [-0.1, -0.05) is 0 Å². The Bertz CT molecular complexity index is 721. The first-order valence-corrected chi connectivity index (χ1v) is 9.79. The fraction of sp³-hybridized carbons (Fsp3) is 0.647. The maximum atomic E-state index is 6.08. The Morgan fingerprint density at radius 2 is 2.17 bits per heavy atom. The first-order valence-electron chi connectivity index (χ1n) is 8.91. The number of guanidine groups is 1. The van der Waals surface area contributed by atoms with E-state index in [4.69, 9.17) is 9.73 Å². The first-order chi connectivity index (χ1) is 11.8. The summed E-state index contributed by atoms with van der Waals surface area (Å²) in [6, 6.07) is 0. The molecule has 4 unspecified atom stereocenters. The van der Waals surface area contributed by atoms with Crippen molar-refractivity contribution in [3.63, 3.8) is 0 Å². The fourth-order valence-electron chi connectivity index (χ4n) is 4.57. The number of hydrogen-bond donors (Lipinski definition) is 1. The van der Waals surface area contributed by atoms with Gasteiger partial charge in [-0.15, -0.1) is 11.3 Å². The Balaban J connectivity index is 1.32. The minimum absolute atomic E-state index is 0.493. The monoisotopic (exact) mass is 345 g/mol. The van der Waals surface area contributed by atoms with Crippen LogP contribution in [0.15, 0.2) is 22.8 Å². The van der Waals surface area contributed by atoms with E-state index in [-0.39, 0.29) is 0 Å². The molecule has 5 rings (SSSR count). The summed E-state index contributed by atoms with van der Waals surface area (Å²) in [6.45, 7) is 5.82. The van der Waals surface area contributed by atoms with Crippen LogP contribution in [-0.2, 0) is 11.3 Å². The molecule has 0 aliphatic carbocycles. The summed E-state index contributed by atoms with van der Waals surface area (Å²) in [4.78, 5) is 13.0. The molecule has 3 aliphatic rings. The number of imidazole rings is 1. The molecule has 2 aromatic rings. The predicted octanol–water partition coefficient (Wildman–Crippen LogP) is 1.97. The Morgan fingerprint density at radius 3 is 2.88 bits per heavy atom. The van der Waals surface area contributed by atoms with E-state index in [2.05, 4.69) is 38.1 Å². The molecule has 3 fully saturated rings. The Kier molecular flexibility index (Phi) is 3.52. The second-order valence-corrected chi connectivity index (χ2v) is 7.89. The number of aliphatic imine (C=N–C) groups is 1. The molecule has 3 saturated heterocycles. The summed E-state index contributed by atoms with van der Waals surface area (Å²) in [5.74, 6) is 2.43. The molecule has 6 nitrogen and oxygen atoms in total. The van der Waals surface area contributed by atoms with Crippen LogP contribution in [0.25, 0.3) is 4.96 Å². The van der Waals surface area contributed by atoms with E-state index in [0.29, 0.717) is 30.6 Å². The Morgan fingerprint density at radius 1 is 1.38 bits per heavy atom. The minimum Gasteiger partial charge on any atom is -0.374 e. The van der Waals surface area contributed by atoms with E-state index < -0.39 is 0 Å². The lowest BCUT2D eigenvalue weighted by atomic mass is 9.82. The lowest BCUT2D eigenvalue weighted by Crippen LogP contribution is -2.41.